The Morgan fingerprint density at radius 2 is 2.24 bits per heavy atom. The van der Waals surface area contributed by atoms with Gasteiger partial charge >= 0.3 is 0 Å². The van der Waals surface area contributed by atoms with Gasteiger partial charge in [-0.3, -0.25) is 19.6 Å². The first-order valence-electron chi connectivity index (χ1n) is 8.72. The molecule has 4 rings (SSSR count). The number of aryl methyl sites for hydroxylation is 1. The largest absolute Gasteiger partial charge is 0.293 e. The van der Waals surface area contributed by atoms with Gasteiger partial charge in [0, 0.05) is 47.3 Å². The minimum Gasteiger partial charge on any atom is -0.293 e. The number of nitrogens with zero attached hydrogens (tertiary/aromatic N) is 5. The van der Waals surface area contributed by atoms with Gasteiger partial charge in [0.05, 0.1) is 17.8 Å². The summed E-state index contributed by atoms with van der Waals surface area (Å²) in [6.07, 6.45) is 11.8. The lowest BCUT2D eigenvalue weighted by Gasteiger charge is -2.09. The van der Waals surface area contributed by atoms with Gasteiger partial charge in [0.25, 0.3) is 0 Å². The number of pyridine rings is 2. The SMILES string of the molecule is CC=NC/C(=C\C)c1nn2c(c1-c1cncc3cccnc13)CCC2. The fraction of sp³-hybridized carbons (Fsp3) is 0.300. The highest BCUT2D eigenvalue weighted by atomic mass is 15.3. The second kappa shape index (κ2) is 6.59. The molecule has 0 saturated carbocycles. The van der Waals surface area contributed by atoms with Crippen LogP contribution in [0.5, 0.6) is 0 Å². The number of hydrogen-bond acceptors (Lipinski definition) is 4. The summed E-state index contributed by atoms with van der Waals surface area (Å²) in [6.45, 7) is 5.61. The summed E-state index contributed by atoms with van der Waals surface area (Å²) in [6, 6.07) is 4.00. The van der Waals surface area contributed by atoms with Crippen molar-refractivity contribution in [3.05, 3.63) is 48.2 Å². The van der Waals surface area contributed by atoms with Gasteiger partial charge in [-0.05, 0) is 50.6 Å². The van der Waals surface area contributed by atoms with E-state index in [0.717, 1.165) is 47.1 Å². The Morgan fingerprint density at radius 3 is 3.08 bits per heavy atom. The molecule has 0 fully saturated rings. The van der Waals surface area contributed by atoms with Crippen LogP contribution in [0.25, 0.3) is 27.6 Å². The number of rotatable bonds is 4. The third-order valence-electron chi connectivity index (χ3n) is 4.72. The second-order valence-corrected chi connectivity index (χ2v) is 6.17. The van der Waals surface area contributed by atoms with E-state index < -0.39 is 0 Å². The van der Waals surface area contributed by atoms with Crippen LogP contribution in [0, 0.1) is 0 Å². The molecule has 25 heavy (non-hydrogen) atoms. The molecule has 0 spiro atoms. The topological polar surface area (TPSA) is 56.0 Å². The number of allylic oxidation sites excluding steroid dienone is 1. The molecule has 0 bridgehead atoms. The molecule has 5 heteroatoms. The average molecular weight is 331 g/mol. The van der Waals surface area contributed by atoms with E-state index in [1.807, 2.05) is 44.7 Å². The molecule has 0 atom stereocenters. The maximum Gasteiger partial charge on any atom is 0.0981 e. The molecule has 1 aliphatic heterocycles. The lowest BCUT2D eigenvalue weighted by Crippen LogP contribution is -1.98. The van der Waals surface area contributed by atoms with E-state index >= 15 is 0 Å². The maximum atomic E-state index is 4.92. The van der Waals surface area contributed by atoms with E-state index in [0.29, 0.717) is 6.54 Å². The third-order valence-corrected chi connectivity index (χ3v) is 4.72. The molecule has 0 aromatic carbocycles. The molecule has 1 aliphatic rings. The van der Waals surface area contributed by atoms with Crippen molar-refractivity contribution in [3.63, 3.8) is 0 Å². The van der Waals surface area contributed by atoms with Crippen LogP contribution in [0.4, 0.5) is 0 Å². The zero-order chi connectivity index (χ0) is 17.2. The fourth-order valence-electron chi connectivity index (χ4n) is 3.52. The van der Waals surface area contributed by atoms with E-state index in [2.05, 4.69) is 31.8 Å². The first-order chi connectivity index (χ1) is 12.3. The van der Waals surface area contributed by atoms with Crippen LogP contribution in [0.2, 0.25) is 0 Å². The molecule has 0 aliphatic carbocycles. The van der Waals surface area contributed by atoms with Gasteiger partial charge in [0.1, 0.15) is 0 Å². The minimum atomic E-state index is 0.641. The van der Waals surface area contributed by atoms with Crippen molar-refractivity contribution in [1.29, 1.82) is 0 Å². The zero-order valence-electron chi connectivity index (χ0n) is 14.6. The van der Waals surface area contributed by atoms with Crippen molar-refractivity contribution < 1.29 is 0 Å². The highest BCUT2D eigenvalue weighted by Crippen LogP contribution is 2.37. The van der Waals surface area contributed by atoms with Gasteiger partial charge in [0.2, 0.25) is 0 Å². The lowest BCUT2D eigenvalue weighted by atomic mass is 9.97. The van der Waals surface area contributed by atoms with Crippen LogP contribution in [0.1, 0.15) is 31.7 Å². The highest BCUT2D eigenvalue weighted by Gasteiger charge is 2.26. The molecule has 0 unspecified atom stereocenters. The highest BCUT2D eigenvalue weighted by molar-refractivity contribution is 5.96. The summed E-state index contributed by atoms with van der Waals surface area (Å²) in [7, 11) is 0. The van der Waals surface area contributed by atoms with E-state index in [4.69, 9.17) is 5.10 Å². The summed E-state index contributed by atoms with van der Waals surface area (Å²) in [4.78, 5) is 13.5. The molecule has 0 radical (unpaired) electrons. The molecule has 0 saturated heterocycles. The Labute approximate surface area is 147 Å². The number of fused-ring (bicyclic) bond motifs is 2. The van der Waals surface area contributed by atoms with Crippen LogP contribution in [0.15, 0.2) is 41.8 Å². The van der Waals surface area contributed by atoms with Crippen molar-refractivity contribution in [3.8, 4) is 11.1 Å². The lowest BCUT2D eigenvalue weighted by molar-refractivity contribution is 0.653. The molecule has 0 N–H and O–H groups in total. The van der Waals surface area contributed by atoms with Gasteiger partial charge in [0.15, 0.2) is 0 Å². The molecule has 126 valence electrons. The molecule has 5 nitrogen and oxygen atoms in total. The van der Waals surface area contributed by atoms with Crippen LogP contribution in [-0.2, 0) is 13.0 Å². The quantitative estimate of drug-likeness (QED) is 0.681. The standard InChI is InChI=1S/C20H21N5/c1-3-14(11-21-4-2)20-18(17-8-6-10-25(17)24-20)16-13-22-12-15-7-5-9-23-19(15)16/h3-5,7,9,12-13H,6,8,10-11H2,1-2H3/b14-3+,21-4?. The minimum absolute atomic E-state index is 0.641. The van der Waals surface area contributed by atoms with Crippen LogP contribution in [0.3, 0.4) is 0 Å². The van der Waals surface area contributed by atoms with E-state index in [1.165, 1.54) is 11.3 Å². The first-order valence-corrected chi connectivity index (χ1v) is 8.72. The van der Waals surface area contributed by atoms with Crippen molar-refractivity contribution in [2.45, 2.75) is 33.2 Å². The fourth-order valence-corrected chi connectivity index (χ4v) is 3.52. The van der Waals surface area contributed by atoms with Crippen LogP contribution < -0.4 is 0 Å². The van der Waals surface area contributed by atoms with Gasteiger partial charge in [-0.15, -0.1) is 0 Å². The Morgan fingerprint density at radius 1 is 1.32 bits per heavy atom. The summed E-state index contributed by atoms with van der Waals surface area (Å²) in [5, 5.41) is 5.97. The number of hydrogen-bond donors (Lipinski definition) is 0. The Hall–Kier alpha value is -2.82. The van der Waals surface area contributed by atoms with Crippen LogP contribution in [-0.4, -0.2) is 32.5 Å². The van der Waals surface area contributed by atoms with Crippen molar-refractivity contribution in [2.24, 2.45) is 4.99 Å². The Bertz CT molecular complexity index is 976. The molecule has 3 aromatic heterocycles. The summed E-state index contributed by atoms with van der Waals surface area (Å²) in [5.41, 5.74) is 6.67. The predicted octanol–water partition coefficient (Wildman–Crippen LogP) is 3.93. The second-order valence-electron chi connectivity index (χ2n) is 6.17. The Balaban J connectivity index is 1.97. The molecule has 3 aromatic rings. The molecule has 4 heterocycles. The van der Waals surface area contributed by atoms with E-state index in [1.54, 1.807) is 0 Å². The van der Waals surface area contributed by atoms with Crippen LogP contribution >= 0.6 is 0 Å². The number of aliphatic imine (C=N–C) groups is 1. The van der Waals surface area contributed by atoms with E-state index in [9.17, 15) is 0 Å². The normalized spacial score (nSPS) is 14.6. The monoisotopic (exact) mass is 331 g/mol. The van der Waals surface area contributed by atoms with Gasteiger partial charge in [-0.25, -0.2) is 0 Å². The van der Waals surface area contributed by atoms with Gasteiger partial charge in [-0.1, -0.05) is 6.08 Å². The average Bonchev–Trinajstić information content (AvgIpc) is 3.23. The third kappa shape index (κ3) is 2.65. The van der Waals surface area contributed by atoms with Crippen molar-refractivity contribution >= 4 is 22.7 Å². The smallest absolute Gasteiger partial charge is 0.0981 e. The summed E-state index contributed by atoms with van der Waals surface area (Å²) in [5.74, 6) is 0. The van der Waals surface area contributed by atoms with Gasteiger partial charge in [-0.2, -0.15) is 5.10 Å². The molecule has 0 amide bonds. The summed E-state index contributed by atoms with van der Waals surface area (Å²) >= 11 is 0. The Kier molecular flexibility index (Phi) is 4.14. The molecular weight excluding hydrogens is 310 g/mol. The van der Waals surface area contributed by atoms with Crippen molar-refractivity contribution in [1.82, 2.24) is 19.7 Å². The number of aromatic nitrogens is 4. The predicted molar refractivity (Wildman–Crippen MR) is 102 cm³/mol. The van der Waals surface area contributed by atoms with Crippen molar-refractivity contribution in [2.75, 3.05) is 6.54 Å². The molecular formula is C20H21N5. The zero-order valence-corrected chi connectivity index (χ0v) is 14.6. The maximum absolute atomic E-state index is 4.92. The summed E-state index contributed by atoms with van der Waals surface area (Å²) < 4.78 is 2.14. The van der Waals surface area contributed by atoms with E-state index in [-0.39, 0.29) is 0 Å². The first kappa shape index (κ1) is 15.7. The van der Waals surface area contributed by atoms with Gasteiger partial charge < -0.3 is 0 Å².